The van der Waals surface area contributed by atoms with Gasteiger partial charge in [-0.1, -0.05) is 11.6 Å². The van der Waals surface area contributed by atoms with Crippen LogP contribution in [0.1, 0.15) is 58.8 Å². The Hall–Kier alpha value is -2.33. The van der Waals surface area contributed by atoms with Gasteiger partial charge in [0.05, 0.1) is 34.6 Å². The van der Waals surface area contributed by atoms with Gasteiger partial charge in [0.25, 0.3) is 0 Å². The van der Waals surface area contributed by atoms with E-state index >= 15 is 4.39 Å². The molecule has 1 aliphatic carbocycles. The first-order valence-corrected chi connectivity index (χ1v) is 11.9. The number of rotatable bonds is 5. The molecule has 0 spiro atoms. The molecule has 0 bridgehead atoms. The summed E-state index contributed by atoms with van der Waals surface area (Å²) in [6.07, 6.45) is 3.40. The molecular weight excluding hydrogens is 461 g/mol. The molecule has 3 aromatic rings. The molecule has 8 nitrogen and oxygen atoms in total. The highest BCUT2D eigenvalue weighted by molar-refractivity contribution is 6.33. The van der Waals surface area contributed by atoms with Crippen molar-refractivity contribution >= 4 is 28.6 Å². The van der Waals surface area contributed by atoms with Crippen LogP contribution in [0.5, 0.6) is 0 Å². The topological polar surface area (TPSA) is 105 Å². The van der Waals surface area contributed by atoms with Gasteiger partial charge in [0.15, 0.2) is 5.82 Å². The van der Waals surface area contributed by atoms with Gasteiger partial charge in [0.1, 0.15) is 22.5 Å². The zero-order chi connectivity index (χ0) is 24.4. The minimum atomic E-state index is -1.25. The summed E-state index contributed by atoms with van der Waals surface area (Å²) < 4.78 is 22.7. The average Bonchev–Trinajstić information content (AvgIpc) is 3.16. The summed E-state index contributed by atoms with van der Waals surface area (Å²) in [6.45, 7) is 7.71. The third kappa shape index (κ3) is 3.75. The highest BCUT2D eigenvalue weighted by Crippen LogP contribution is 2.43. The number of anilines is 1. The minimum absolute atomic E-state index is 0.0659. The van der Waals surface area contributed by atoms with E-state index < -0.39 is 17.0 Å². The standard InChI is InChI=1S/C24H29ClFN5O3/c1-12(2)31-16-10-13(9-15(26)20(16)29-21(31)23(3,4)32)19-14(25)11-27-22(30-19)28-17-6-8-34-18-5-7-24(17,18)33/h9-12,17-18,32-33H,5-8H2,1-4H3,(H,27,28,30)/t17-,18-,24+/m1/s1. The molecule has 3 heterocycles. The first-order valence-electron chi connectivity index (χ1n) is 11.6. The first-order chi connectivity index (χ1) is 16.0. The van der Waals surface area contributed by atoms with E-state index in [0.29, 0.717) is 48.0 Å². The van der Waals surface area contributed by atoms with E-state index in [1.807, 2.05) is 18.4 Å². The van der Waals surface area contributed by atoms with E-state index in [-0.39, 0.29) is 28.7 Å². The number of aliphatic hydroxyl groups is 2. The lowest BCUT2D eigenvalue weighted by molar-refractivity contribution is -0.207. The molecule has 182 valence electrons. The van der Waals surface area contributed by atoms with Crippen LogP contribution in [0, 0.1) is 5.82 Å². The molecule has 0 radical (unpaired) electrons. The van der Waals surface area contributed by atoms with E-state index in [2.05, 4.69) is 20.3 Å². The van der Waals surface area contributed by atoms with Crippen molar-refractivity contribution in [3.8, 4) is 11.3 Å². The summed E-state index contributed by atoms with van der Waals surface area (Å²) in [5.74, 6) is 0.158. The number of fused-ring (bicyclic) bond motifs is 2. The largest absolute Gasteiger partial charge is 0.385 e. The Labute approximate surface area is 202 Å². The van der Waals surface area contributed by atoms with Gasteiger partial charge in [0, 0.05) is 18.2 Å². The normalized spacial score (nSPS) is 24.9. The van der Waals surface area contributed by atoms with Crippen molar-refractivity contribution in [1.82, 2.24) is 19.5 Å². The monoisotopic (exact) mass is 489 g/mol. The fraction of sp³-hybridized carbons (Fsp3) is 0.542. The van der Waals surface area contributed by atoms with Crippen molar-refractivity contribution in [2.45, 2.75) is 76.3 Å². The molecule has 2 fully saturated rings. The fourth-order valence-corrected chi connectivity index (χ4v) is 5.20. The van der Waals surface area contributed by atoms with Crippen LogP contribution in [0.2, 0.25) is 5.02 Å². The van der Waals surface area contributed by atoms with Gasteiger partial charge in [-0.25, -0.2) is 19.3 Å². The lowest BCUT2D eigenvalue weighted by Gasteiger charge is -2.52. The second kappa shape index (κ2) is 8.12. The van der Waals surface area contributed by atoms with Crippen molar-refractivity contribution in [3.63, 3.8) is 0 Å². The van der Waals surface area contributed by atoms with Crippen LogP contribution in [0.25, 0.3) is 22.3 Å². The van der Waals surface area contributed by atoms with Gasteiger partial charge in [-0.3, -0.25) is 0 Å². The van der Waals surface area contributed by atoms with Crippen LogP contribution in [0.15, 0.2) is 18.3 Å². The second-order valence-electron chi connectivity index (χ2n) is 10.0. The van der Waals surface area contributed by atoms with Gasteiger partial charge in [0.2, 0.25) is 5.95 Å². The molecule has 3 N–H and O–H groups in total. The van der Waals surface area contributed by atoms with Crippen LogP contribution >= 0.6 is 11.6 Å². The maximum atomic E-state index is 15.2. The number of hydrogen-bond acceptors (Lipinski definition) is 7. The molecule has 3 atom stereocenters. The van der Waals surface area contributed by atoms with E-state index in [0.717, 1.165) is 6.42 Å². The zero-order valence-corrected chi connectivity index (χ0v) is 20.4. The molecule has 2 aliphatic rings. The van der Waals surface area contributed by atoms with Crippen molar-refractivity contribution in [3.05, 3.63) is 35.0 Å². The average molecular weight is 490 g/mol. The van der Waals surface area contributed by atoms with Crippen molar-refractivity contribution < 1.29 is 19.3 Å². The third-order valence-electron chi connectivity index (χ3n) is 6.83. The predicted octanol–water partition coefficient (Wildman–Crippen LogP) is 4.19. The van der Waals surface area contributed by atoms with Crippen LogP contribution < -0.4 is 5.32 Å². The predicted molar refractivity (Wildman–Crippen MR) is 127 cm³/mol. The van der Waals surface area contributed by atoms with Crippen molar-refractivity contribution in [1.29, 1.82) is 0 Å². The molecular formula is C24H29ClFN5O3. The molecule has 10 heteroatoms. The maximum absolute atomic E-state index is 15.2. The number of aromatic nitrogens is 4. The third-order valence-corrected chi connectivity index (χ3v) is 7.10. The highest BCUT2D eigenvalue weighted by atomic mass is 35.5. The van der Waals surface area contributed by atoms with E-state index in [1.165, 1.54) is 12.3 Å². The molecule has 0 unspecified atom stereocenters. The fourth-order valence-electron chi connectivity index (χ4n) is 5.00. The zero-order valence-electron chi connectivity index (χ0n) is 19.6. The molecule has 1 saturated carbocycles. The Bertz CT molecular complexity index is 1260. The van der Waals surface area contributed by atoms with Crippen LogP contribution in [-0.4, -0.2) is 54.1 Å². The molecule has 34 heavy (non-hydrogen) atoms. The number of imidazole rings is 1. The Morgan fingerprint density at radius 2 is 2.06 bits per heavy atom. The number of halogens is 2. The Morgan fingerprint density at radius 3 is 2.71 bits per heavy atom. The Balaban J connectivity index is 1.56. The lowest BCUT2D eigenvalue weighted by atomic mass is 9.69. The van der Waals surface area contributed by atoms with Crippen molar-refractivity contribution in [2.75, 3.05) is 11.9 Å². The van der Waals surface area contributed by atoms with Gasteiger partial charge >= 0.3 is 0 Å². The smallest absolute Gasteiger partial charge is 0.223 e. The number of benzene rings is 1. The van der Waals surface area contributed by atoms with Gasteiger partial charge in [-0.2, -0.15) is 0 Å². The quantitative estimate of drug-likeness (QED) is 0.493. The van der Waals surface area contributed by atoms with Gasteiger partial charge in [-0.15, -0.1) is 0 Å². The summed E-state index contributed by atoms with van der Waals surface area (Å²) in [5.41, 5.74) is -0.629. The van der Waals surface area contributed by atoms with Gasteiger partial charge < -0.3 is 24.8 Å². The molecule has 0 amide bonds. The summed E-state index contributed by atoms with van der Waals surface area (Å²) in [6, 6.07) is 2.81. The maximum Gasteiger partial charge on any atom is 0.223 e. The van der Waals surface area contributed by atoms with Crippen LogP contribution in [-0.2, 0) is 10.3 Å². The first kappa shape index (κ1) is 23.4. The molecule has 1 aromatic carbocycles. The van der Waals surface area contributed by atoms with E-state index in [9.17, 15) is 10.2 Å². The molecule has 2 aromatic heterocycles. The molecule has 5 rings (SSSR count). The SMILES string of the molecule is CC(C)n1c(C(C)(C)O)nc2c(F)cc(-c3nc(N[C@@H]4CCO[C@@H]5CC[C@]45O)ncc3Cl)cc21. The van der Waals surface area contributed by atoms with Crippen molar-refractivity contribution in [2.24, 2.45) is 0 Å². The molecule has 1 saturated heterocycles. The van der Waals surface area contributed by atoms with E-state index in [4.69, 9.17) is 16.3 Å². The minimum Gasteiger partial charge on any atom is -0.385 e. The second-order valence-corrected chi connectivity index (χ2v) is 10.5. The van der Waals surface area contributed by atoms with E-state index in [1.54, 1.807) is 19.9 Å². The van der Waals surface area contributed by atoms with Crippen LogP contribution in [0.4, 0.5) is 10.3 Å². The van der Waals surface area contributed by atoms with Gasteiger partial charge in [-0.05, 0) is 59.1 Å². The number of nitrogens with zero attached hydrogens (tertiary/aromatic N) is 4. The van der Waals surface area contributed by atoms with Crippen LogP contribution in [0.3, 0.4) is 0 Å². The number of hydrogen-bond donors (Lipinski definition) is 3. The Kier molecular flexibility index (Phi) is 5.59. The summed E-state index contributed by atoms with van der Waals surface area (Å²) in [4.78, 5) is 13.3. The number of ether oxygens (including phenoxy) is 1. The Morgan fingerprint density at radius 1 is 1.29 bits per heavy atom. The summed E-state index contributed by atoms with van der Waals surface area (Å²) in [7, 11) is 0. The molecule has 1 aliphatic heterocycles. The highest BCUT2D eigenvalue weighted by Gasteiger charge is 2.54. The summed E-state index contributed by atoms with van der Waals surface area (Å²) in [5, 5.41) is 25.1. The lowest BCUT2D eigenvalue weighted by Crippen LogP contribution is -2.65. The number of nitrogens with one attached hydrogen (secondary N) is 1. The summed E-state index contributed by atoms with van der Waals surface area (Å²) >= 11 is 6.44.